The summed E-state index contributed by atoms with van der Waals surface area (Å²) in [5, 5.41) is 3.38. The number of aryl methyl sites for hydroxylation is 2. The Labute approximate surface area is 192 Å². The first-order valence-electron chi connectivity index (χ1n) is 11.0. The number of sulfonamides is 1. The van der Waals surface area contributed by atoms with Gasteiger partial charge in [-0.15, -0.1) is 0 Å². The smallest absolute Gasteiger partial charge is 0.250 e. The summed E-state index contributed by atoms with van der Waals surface area (Å²) in [6.07, 6.45) is 6.40. The number of amides is 1. The Morgan fingerprint density at radius 2 is 1.88 bits per heavy atom. The van der Waals surface area contributed by atoms with E-state index in [4.69, 9.17) is 10.7 Å². The van der Waals surface area contributed by atoms with E-state index >= 15 is 0 Å². The number of rotatable bonds is 5. The van der Waals surface area contributed by atoms with E-state index in [-0.39, 0.29) is 6.04 Å². The maximum absolute atomic E-state index is 12.9. The summed E-state index contributed by atoms with van der Waals surface area (Å²) in [6.45, 7) is 0.869. The Balaban J connectivity index is 1.31. The average molecular weight is 467 g/mol. The minimum absolute atomic E-state index is 0.0722. The van der Waals surface area contributed by atoms with Crippen LogP contribution in [0.2, 0.25) is 0 Å². The second kappa shape index (κ2) is 8.27. The monoisotopic (exact) mass is 466 g/mol. The molecule has 3 heterocycles. The van der Waals surface area contributed by atoms with Crippen molar-refractivity contribution in [2.24, 2.45) is 12.8 Å². The minimum Gasteiger partial charge on any atom is -0.366 e. The molecule has 0 radical (unpaired) electrons. The molecule has 0 saturated carbocycles. The van der Waals surface area contributed by atoms with Crippen LogP contribution in [0.5, 0.6) is 0 Å². The highest BCUT2D eigenvalue weighted by Gasteiger charge is 2.30. The van der Waals surface area contributed by atoms with Crippen molar-refractivity contribution < 1.29 is 13.2 Å². The molecule has 3 aromatic rings. The van der Waals surface area contributed by atoms with E-state index in [2.05, 4.69) is 10.3 Å². The third-order valence-electron chi connectivity index (χ3n) is 6.45. The average Bonchev–Trinajstić information content (AvgIpc) is 3.17. The summed E-state index contributed by atoms with van der Waals surface area (Å²) in [5.74, 6) is 0.0766. The van der Waals surface area contributed by atoms with Gasteiger partial charge in [0.1, 0.15) is 0 Å². The van der Waals surface area contributed by atoms with Crippen molar-refractivity contribution >= 4 is 21.9 Å². The molecular formula is C23H26N6O3S. The second-order valence-corrected chi connectivity index (χ2v) is 10.5. The highest BCUT2D eigenvalue weighted by Crippen LogP contribution is 2.35. The van der Waals surface area contributed by atoms with E-state index in [0.717, 1.165) is 35.4 Å². The van der Waals surface area contributed by atoms with Gasteiger partial charge in [0.05, 0.1) is 21.8 Å². The Morgan fingerprint density at radius 1 is 1.15 bits per heavy atom. The maximum atomic E-state index is 12.9. The maximum Gasteiger partial charge on any atom is 0.250 e. The van der Waals surface area contributed by atoms with Gasteiger partial charge in [-0.1, -0.05) is 18.2 Å². The predicted octanol–water partition coefficient (Wildman–Crippen LogP) is 1.94. The summed E-state index contributed by atoms with van der Waals surface area (Å²) >= 11 is 0. The van der Waals surface area contributed by atoms with Crippen LogP contribution in [0.1, 0.15) is 34.3 Å². The van der Waals surface area contributed by atoms with E-state index < -0.39 is 15.9 Å². The van der Waals surface area contributed by atoms with Gasteiger partial charge in [0, 0.05) is 38.6 Å². The highest BCUT2D eigenvalue weighted by molar-refractivity contribution is 7.89. The molecule has 1 aliphatic heterocycles. The summed E-state index contributed by atoms with van der Waals surface area (Å²) in [4.78, 5) is 21.4. The van der Waals surface area contributed by atoms with Crippen molar-refractivity contribution in [3.63, 3.8) is 0 Å². The van der Waals surface area contributed by atoms with Crippen LogP contribution in [0.25, 0.3) is 11.4 Å². The number of primary amides is 1. The highest BCUT2D eigenvalue weighted by atomic mass is 32.2. The first-order chi connectivity index (χ1) is 15.8. The summed E-state index contributed by atoms with van der Waals surface area (Å²) < 4.78 is 29.2. The fraction of sp³-hybridized carbons (Fsp3) is 0.348. The van der Waals surface area contributed by atoms with Gasteiger partial charge in [0.2, 0.25) is 16.0 Å². The summed E-state index contributed by atoms with van der Waals surface area (Å²) in [7, 11) is -1.59. The third-order valence-corrected chi connectivity index (χ3v) is 8.37. The van der Waals surface area contributed by atoms with E-state index in [9.17, 15) is 13.2 Å². The largest absolute Gasteiger partial charge is 0.366 e. The standard InChI is InChI=1S/C23H26N6O3S/c1-28-14-19(22(24)30)18-8-7-15-13-25-23(27-20(15)21(18)28)26-16-9-11-29(12-10-16)33(31,32)17-5-3-2-4-6-17/h2-6,13-14,16H,7-12H2,1H3,(H2,24,30)(H,25,26,27). The number of hydrogen-bond acceptors (Lipinski definition) is 6. The van der Waals surface area contributed by atoms with Gasteiger partial charge in [-0.05, 0) is 48.9 Å². The second-order valence-electron chi connectivity index (χ2n) is 8.55. The fourth-order valence-electron chi connectivity index (χ4n) is 4.74. The van der Waals surface area contributed by atoms with Gasteiger partial charge in [-0.3, -0.25) is 4.79 Å². The molecule has 1 saturated heterocycles. The van der Waals surface area contributed by atoms with Crippen LogP contribution in [0.4, 0.5) is 5.95 Å². The number of nitrogens with two attached hydrogens (primary N) is 1. The van der Waals surface area contributed by atoms with Gasteiger partial charge >= 0.3 is 0 Å². The summed E-state index contributed by atoms with van der Waals surface area (Å²) in [5.41, 5.74) is 9.78. The topological polar surface area (TPSA) is 123 Å². The number of fused-ring (bicyclic) bond motifs is 3. The molecule has 1 amide bonds. The lowest BCUT2D eigenvalue weighted by Gasteiger charge is -2.31. The number of hydrogen-bond donors (Lipinski definition) is 2. The zero-order valence-electron chi connectivity index (χ0n) is 18.4. The Morgan fingerprint density at radius 3 is 2.58 bits per heavy atom. The molecule has 0 spiro atoms. The Kier molecular flexibility index (Phi) is 5.41. The zero-order valence-corrected chi connectivity index (χ0v) is 19.2. The molecule has 2 aliphatic rings. The van der Waals surface area contributed by atoms with Crippen LogP contribution in [0.15, 0.2) is 47.6 Å². The van der Waals surface area contributed by atoms with Gasteiger partial charge < -0.3 is 15.6 Å². The van der Waals surface area contributed by atoms with Crippen LogP contribution in [0, 0.1) is 0 Å². The van der Waals surface area contributed by atoms with Crippen molar-refractivity contribution in [3.8, 4) is 11.4 Å². The molecule has 0 atom stereocenters. The van der Waals surface area contributed by atoms with E-state index in [1.54, 1.807) is 36.5 Å². The number of benzene rings is 1. The SMILES string of the molecule is Cn1cc(C(N)=O)c2c1-c1nc(NC3CCN(S(=O)(=O)c4ccccc4)CC3)ncc1CC2. The van der Waals surface area contributed by atoms with Crippen LogP contribution in [-0.4, -0.2) is 52.3 Å². The minimum atomic E-state index is -3.48. The molecule has 2 aromatic heterocycles. The van der Waals surface area contributed by atoms with E-state index in [0.29, 0.717) is 42.3 Å². The molecule has 33 heavy (non-hydrogen) atoms. The number of carbonyl (C=O) groups is 1. The van der Waals surface area contributed by atoms with Crippen molar-refractivity contribution in [1.82, 2.24) is 18.8 Å². The van der Waals surface area contributed by atoms with Gasteiger partial charge in [-0.2, -0.15) is 4.31 Å². The predicted molar refractivity (Wildman–Crippen MR) is 124 cm³/mol. The van der Waals surface area contributed by atoms with Crippen molar-refractivity contribution in [2.45, 2.75) is 36.6 Å². The number of aromatic nitrogens is 3. The zero-order chi connectivity index (χ0) is 23.2. The van der Waals surface area contributed by atoms with E-state index in [1.807, 2.05) is 17.8 Å². The fourth-order valence-corrected chi connectivity index (χ4v) is 6.23. The van der Waals surface area contributed by atoms with E-state index in [1.165, 1.54) is 4.31 Å². The lowest BCUT2D eigenvalue weighted by molar-refractivity contribution is 0.0999. The van der Waals surface area contributed by atoms with Gasteiger partial charge in [-0.25, -0.2) is 18.4 Å². The number of piperidine rings is 1. The van der Waals surface area contributed by atoms with Crippen molar-refractivity contribution in [3.05, 3.63) is 59.4 Å². The Bertz CT molecular complexity index is 1310. The molecule has 1 aliphatic carbocycles. The molecule has 1 aromatic carbocycles. The van der Waals surface area contributed by atoms with Gasteiger partial charge in [0.15, 0.2) is 0 Å². The molecule has 1 fully saturated rings. The van der Waals surface area contributed by atoms with Gasteiger partial charge in [0.25, 0.3) is 5.91 Å². The first-order valence-corrected chi connectivity index (χ1v) is 12.4. The van der Waals surface area contributed by atoms with Crippen molar-refractivity contribution in [1.29, 1.82) is 0 Å². The van der Waals surface area contributed by atoms with Crippen LogP contribution >= 0.6 is 0 Å². The molecule has 0 bridgehead atoms. The Hall–Kier alpha value is -3.24. The molecular weight excluding hydrogens is 440 g/mol. The van der Waals surface area contributed by atoms with Crippen molar-refractivity contribution in [2.75, 3.05) is 18.4 Å². The molecule has 0 unspecified atom stereocenters. The number of carbonyl (C=O) groups excluding carboxylic acids is 1. The molecule has 3 N–H and O–H groups in total. The third kappa shape index (κ3) is 3.89. The van der Waals surface area contributed by atoms with Crippen LogP contribution in [-0.2, 0) is 29.9 Å². The number of nitrogens with one attached hydrogen (secondary N) is 1. The number of anilines is 1. The number of nitrogens with zero attached hydrogens (tertiary/aromatic N) is 4. The molecule has 5 rings (SSSR count). The van der Waals surface area contributed by atoms with Crippen LogP contribution < -0.4 is 11.1 Å². The molecule has 172 valence electrons. The molecule has 10 heteroatoms. The quantitative estimate of drug-likeness (QED) is 0.592. The lowest BCUT2D eigenvalue weighted by atomic mass is 9.92. The lowest BCUT2D eigenvalue weighted by Crippen LogP contribution is -2.42. The first kappa shape index (κ1) is 21.6. The normalized spacial score (nSPS) is 16.8. The molecule has 9 nitrogen and oxygen atoms in total. The van der Waals surface area contributed by atoms with Crippen LogP contribution in [0.3, 0.4) is 0 Å². The summed E-state index contributed by atoms with van der Waals surface area (Å²) in [6, 6.07) is 8.60.